The van der Waals surface area contributed by atoms with Crippen molar-refractivity contribution in [3.05, 3.63) is 101 Å². The highest BCUT2D eigenvalue weighted by Gasteiger charge is 2.47. The van der Waals surface area contributed by atoms with E-state index in [2.05, 4.69) is 5.32 Å². The number of piperazine rings is 1. The average molecular weight is 735 g/mol. The SMILES string of the molecule is COC(=O)N(C(=O)[C@@H](N)[C@@H](c1ccc(F)cc1)c1cc(F)cc(F)c1)c1cccc(F)c1CC[C@H]1CNCC(COC(C)C)N1S(=O)(=O)C1CC1. The summed E-state index contributed by atoms with van der Waals surface area (Å²) in [5.74, 6) is -5.68. The number of halogens is 4. The molecule has 15 heteroatoms. The number of nitrogens with one attached hydrogen (secondary N) is 1. The highest BCUT2D eigenvalue weighted by atomic mass is 32.2. The van der Waals surface area contributed by atoms with Gasteiger partial charge in [-0.3, -0.25) is 4.79 Å². The summed E-state index contributed by atoms with van der Waals surface area (Å²) >= 11 is 0. The minimum atomic E-state index is -3.70. The van der Waals surface area contributed by atoms with Crippen LogP contribution in [0.4, 0.5) is 28.0 Å². The second kappa shape index (κ2) is 16.2. The molecule has 4 atom stereocenters. The van der Waals surface area contributed by atoms with Crippen LogP contribution in [-0.4, -0.2) is 81.0 Å². The van der Waals surface area contributed by atoms with E-state index < -0.39 is 74.6 Å². The van der Waals surface area contributed by atoms with Crippen molar-refractivity contribution in [1.29, 1.82) is 0 Å². The summed E-state index contributed by atoms with van der Waals surface area (Å²) in [4.78, 5) is 28.2. The third kappa shape index (κ3) is 8.78. The van der Waals surface area contributed by atoms with Crippen molar-refractivity contribution >= 4 is 27.7 Å². The molecule has 276 valence electrons. The van der Waals surface area contributed by atoms with E-state index in [1.807, 2.05) is 13.8 Å². The van der Waals surface area contributed by atoms with Crippen LogP contribution in [0.2, 0.25) is 0 Å². The van der Waals surface area contributed by atoms with Crippen molar-refractivity contribution in [1.82, 2.24) is 9.62 Å². The number of ether oxygens (including phenoxy) is 2. The van der Waals surface area contributed by atoms with Crippen LogP contribution in [-0.2, 0) is 30.7 Å². The second-order valence-corrected chi connectivity index (χ2v) is 15.2. The number of methoxy groups -OCH3 is 1. The standard InChI is InChI=1S/C36H42F4N4O6S/c1-21(2)50-20-28-19-42-18-27(44(28)51(47,48)29-12-13-29)11-14-30-31(40)5-4-6-32(30)43(36(46)49-3)35(45)34(41)33(22-7-9-24(37)10-8-22)23-15-25(38)17-26(39)16-23/h4-10,15-17,21,27-29,33-34,42H,11-14,18-20,41H2,1-3H3/t27-,28?,33-,34-/m0/s1. The van der Waals surface area contributed by atoms with Gasteiger partial charge in [-0.2, -0.15) is 4.31 Å². The smallest absolute Gasteiger partial charge is 0.420 e. The lowest BCUT2D eigenvalue weighted by Crippen LogP contribution is -2.61. The maximum absolute atomic E-state index is 15.8. The first-order valence-corrected chi connectivity index (χ1v) is 18.2. The molecule has 1 heterocycles. The van der Waals surface area contributed by atoms with Crippen molar-refractivity contribution in [2.75, 3.05) is 31.7 Å². The van der Waals surface area contributed by atoms with Crippen LogP contribution in [0, 0.1) is 23.3 Å². The zero-order chi connectivity index (χ0) is 37.0. The second-order valence-electron chi connectivity index (χ2n) is 13.1. The number of benzene rings is 3. The number of imide groups is 1. The van der Waals surface area contributed by atoms with Crippen LogP contribution in [0.5, 0.6) is 0 Å². The van der Waals surface area contributed by atoms with E-state index >= 15 is 4.39 Å². The van der Waals surface area contributed by atoms with Crippen LogP contribution >= 0.6 is 0 Å². The molecule has 2 aliphatic rings. The Morgan fingerprint density at radius 2 is 1.59 bits per heavy atom. The molecule has 5 rings (SSSR count). The van der Waals surface area contributed by atoms with Gasteiger partial charge in [0.1, 0.15) is 23.3 Å². The van der Waals surface area contributed by atoms with Crippen LogP contribution < -0.4 is 16.0 Å². The Kier molecular flexibility index (Phi) is 12.2. The quantitative estimate of drug-likeness (QED) is 0.235. The third-order valence-corrected chi connectivity index (χ3v) is 11.6. The Bertz CT molecular complexity index is 1810. The number of nitrogens with zero attached hydrogens (tertiary/aromatic N) is 2. The first kappa shape index (κ1) is 38.3. The molecule has 10 nitrogen and oxygen atoms in total. The summed E-state index contributed by atoms with van der Waals surface area (Å²) in [7, 11) is -2.69. The van der Waals surface area contributed by atoms with Crippen molar-refractivity contribution in [2.24, 2.45) is 5.73 Å². The fourth-order valence-electron chi connectivity index (χ4n) is 6.55. The molecular formula is C36H42F4N4O6S. The van der Waals surface area contributed by atoms with E-state index in [1.165, 1.54) is 28.6 Å². The lowest BCUT2D eigenvalue weighted by atomic mass is 9.84. The van der Waals surface area contributed by atoms with E-state index in [-0.39, 0.29) is 54.5 Å². The summed E-state index contributed by atoms with van der Waals surface area (Å²) in [5.41, 5.74) is 6.37. The highest BCUT2D eigenvalue weighted by Crippen LogP contribution is 2.36. The molecule has 1 aliphatic carbocycles. The minimum absolute atomic E-state index is 0.0676. The predicted octanol–water partition coefficient (Wildman–Crippen LogP) is 4.99. The van der Waals surface area contributed by atoms with Crippen LogP contribution in [0.3, 0.4) is 0 Å². The van der Waals surface area contributed by atoms with Gasteiger partial charge in [0.25, 0.3) is 5.91 Å². The molecule has 0 bridgehead atoms. The van der Waals surface area contributed by atoms with E-state index in [4.69, 9.17) is 15.2 Å². The zero-order valence-electron chi connectivity index (χ0n) is 28.5. The molecule has 51 heavy (non-hydrogen) atoms. The molecule has 0 spiro atoms. The van der Waals surface area contributed by atoms with Crippen LogP contribution in [0.15, 0.2) is 60.7 Å². The zero-order valence-corrected chi connectivity index (χ0v) is 29.3. The highest BCUT2D eigenvalue weighted by molar-refractivity contribution is 7.90. The molecule has 1 aliphatic heterocycles. The van der Waals surface area contributed by atoms with Crippen molar-refractivity contribution in [3.63, 3.8) is 0 Å². The molecule has 3 aromatic rings. The third-order valence-electron chi connectivity index (χ3n) is 9.10. The van der Waals surface area contributed by atoms with Gasteiger partial charge < -0.3 is 20.5 Å². The predicted molar refractivity (Wildman–Crippen MR) is 183 cm³/mol. The van der Waals surface area contributed by atoms with E-state index in [1.54, 1.807) is 0 Å². The summed E-state index contributed by atoms with van der Waals surface area (Å²) in [6.45, 7) is 4.51. The molecular weight excluding hydrogens is 692 g/mol. The average Bonchev–Trinajstić information content (AvgIpc) is 3.94. The van der Waals surface area contributed by atoms with E-state index in [0.717, 1.165) is 37.4 Å². The number of anilines is 1. The van der Waals surface area contributed by atoms with Gasteiger partial charge in [0, 0.05) is 36.7 Å². The minimum Gasteiger partial charge on any atom is -0.452 e. The monoisotopic (exact) mass is 734 g/mol. The Morgan fingerprint density at radius 3 is 2.20 bits per heavy atom. The lowest BCUT2D eigenvalue weighted by molar-refractivity contribution is -0.119. The maximum atomic E-state index is 15.8. The Labute approximate surface area is 294 Å². The van der Waals surface area contributed by atoms with Crippen molar-refractivity contribution < 1.29 is 45.0 Å². The summed E-state index contributed by atoms with van der Waals surface area (Å²) in [6.07, 6.45) is -0.241. The number of sulfonamides is 1. The van der Waals surface area contributed by atoms with Gasteiger partial charge >= 0.3 is 6.09 Å². The first-order chi connectivity index (χ1) is 24.2. The normalized spacial score (nSPS) is 19.5. The van der Waals surface area contributed by atoms with Crippen LogP contribution in [0.25, 0.3) is 0 Å². The summed E-state index contributed by atoms with van der Waals surface area (Å²) in [6, 6.07) is 8.29. The number of amides is 2. The van der Waals surface area contributed by atoms with Gasteiger partial charge in [0.2, 0.25) is 10.0 Å². The van der Waals surface area contributed by atoms with E-state index in [9.17, 15) is 31.2 Å². The Morgan fingerprint density at radius 1 is 0.941 bits per heavy atom. The number of carbonyl (C=O) groups is 2. The molecule has 0 radical (unpaired) electrons. The summed E-state index contributed by atoms with van der Waals surface area (Å²) < 4.78 is 98.1. The molecule has 1 saturated heterocycles. The molecule has 2 fully saturated rings. The number of nitrogens with two attached hydrogens (primary N) is 1. The fraction of sp³-hybridized carbons (Fsp3) is 0.444. The topological polar surface area (TPSA) is 131 Å². The first-order valence-electron chi connectivity index (χ1n) is 16.7. The number of carbonyl (C=O) groups excluding carboxylic acids is 2. The molecule has 0 aromatic heterocycles. The van der Waals surface area contributed by atoms with Gasteiger partial charge in [-0.05, 0) is 87.1 Å². The number of hydrogen-bond acceptors (Lipinski definition) is 8. The van der Waals surface area contributed by atoms with Crippen LogP contribution in [0.1, 0.15) is 55.7 Å². The Hall–Kier alpha value is -3.89. The molecule has 1 saturated carbocycles. The largest absolute Gasteiger partial charge is 0.452 e. The Balaban J connectivity index is 1.50. The molecule has 3 N–H and O–H groups in total. The fourth-order valence-corrected chi connectivity index (χ4v) is 8.77. The number of rotatable bonds is 13. The molecule has 2 amide bonds. The summed E-state index contributed by atoms with van der Waals surface area (Å²) in [5, 5.41) is 2.76. The van der Waals surface area contributed by atoms with Crippen molar-refractivity contribution in [3.8, 4) is 0 Å². The van der Waals surface area contributed by atoms with E-state index in [0.29, 0.717) is 30.4 Å². The van der Waals surface area contributed by atoms with Gasteiger partial charge in [0.05, 0.1) is 42.8 Å². The molecule has 3 aromatic carbocycles. The lowest BCUT2D eigenvalue weighted by Gasteiger charge is -2.42. The van der Waals surface area contributed by atoms with Gasteiger partial charge in [0.15, 0.2) is 0 Å². The number of hydrogen-bond donors (Lipinski definition) is 2. The molecule has 1 unspecified atom stereocenters. The van der Waals surface area contributed by atoms with Gasteiger partial charge in [-0.1, -0.05) is 18.2 Å². The van der Waals surface area contributed by atoms with Crippen molar-refractivity contribution in [2.45, 2.75) is 74.9 Å². The maximum Gasteiger partial charge on any atom is 0.420 e. The van der Waals surface area contributed by atoms with Gasteiger partial charge in [-0.25, -0.2) is 35.7 Å². The van der Waals surface area contributed by atoms with Gasteiger partial charge in [-0.15, -0.1) is 0 Å².